The van der Waals surface area contributed by atoms with Crippen molar-refractivity contribution in [3.63, 3.8) is 0 Å². The lowest BCUT2D eigenvalue weighted by Crippen LogP contribution is -2.23. The molecule has 0 atom stereocenters. The van der Waals surface area contributed by atoms with Gasteiger partial charge in [0.1, 0.15) is 0 Å². The Morgan fingerprint density at radius 3 is 2.95 bits per heavy atom. The van der Waals surface area contributed by atoms with E-state index < -0.39 is 0 Å². The molecule has 7 nitrogen and oxygen atoms in total. The van der Waals surface area contributed by atoms with Crippen LogP contribution in [0.25, 0.3) is 0 Å². The van der Waals surface area contributed by atoms with Crippen molar-refractivity contribution in [3.05, 3.63) is 5.89 Å². The maximum absolute atomic E-state index is 5.59. The highest BCUT2D eigenvalue weighted by molar-refractivity contribution is 5.21. The first-order valence-corrected chi connectivity index (χ1v) is 7.10. The van der Waals surface area contributed by atoms with Crippen molar-refractivity contribution in [3.8, 4) is 0 Å². The van der Waals surface area contributed by atoms with E-state index in [0.29, 0.717) is 31.7 Å². The minimum absolute atomic E-state index is 0.531. The number of ether oxygens (including phenoxy) is 2. The van der Waals surface area contributed by atoms with Gasteiger partial charge in [-0.3, -0.25) is 0 Å². The van der Waals surface area contributed by atoms with E-state index in [-0.39, 0.29) is 0 Å². The molecule has 1 aromatic heterocycles. The maximum atomic E-state index is 5.59. The Morgan fingerprint density at radius 1 is 1.35 bits per heavy atom. The Hall–Kier alpha value is -1.18. The van der Waals surface area contributed by atoms with E-state index in [2.05, 4.69) is 15.5 Å². The molecule has 20 heavy (non-hydrogen) atoms. The van der Waals surface area contributed by atoms with Gasteiger partial charge in [0, 0.05) is 33.9 Å². The molecule has 1 aliphatic carbocycles. The Balaban J connectivity index is 1.61. The number of rotatable bonds is 11. The number of hydrogen-bond acceptors (Lipinski definition) is 7. The average Bonchev–Trinajstić information content (AvgIpc) is 3.16. The summed E-state index contributed by atoms with van der Waals surface area (Å²) in [5.74, 6) is 1.38. The molecule has 0 amide bonds. The normalized spacial score (nSPS) is 14.7. The van der Waals surface area contributed by atoms with E-state index in [1.54, 1.807) is 7.11 Å². The molecule has 1 heterocycles. The van der Waals surface area contributed by atoms with Crippen LogP contribution in [0.2, 0.25) is 0 Å². The lowest BCUT2D eigenvalue weighted by molar-refractivity contribution is 0.130. The van der Waals surface area contributed by atoms with Gasteiger partial charge >= 0.3 is 6.01 Å². The predicted octanol–water partition coefficient (Wildman–Crippen LogP) is 0.668. The van der Waals surface area contributed by atoms with E-state index in [1.165, 1.54) is 12.8 Å². The highest BCUT2D eigenvalue weighted by Crippen LogP contribution is 2.28. The highest BCUT2D eigenvalue weighted by atomic mass is 16.5. The molecular formula is C13H24N4O3. The molecule has 0 saturated heterocycles. The zero-order chi connectivity index (χ0) is 14.2. The summed E-state index contributed by atoms with van der Waals surface area (Å²) in [4.78, 5) is 1.92. The van der Waals surface area contributed by atoms with Gasteiger partial charge in [-0.15, -0.1) is 5.10 Å². The van der Waals surface area contributed by atoms with Crippen LogP contribution in [0.15, 0.2) is 4.42 Å². The van der Waals surface area contributed by atoms with Crippen LogP contribution in [-0.4, -0.2) is 57.3 Å². The fourth-order valence-electron chi connectivity index (χ4n) is 1.67. The van der Waals surface area contributed by atoms with Crippen LogP contribution in [0.5, 0.6) is 0 Å². The van der Waals surface area contributed by atoms with Gasteiger partial charge in [-0.05, 0) is 18.8 Å². The molecule has 2 rings (SSSR count). The van der Waals surface area contributed by atoms with Gasteiger partial charge in [0.15, 0.2) is 0 Å². The largest absolute Gasteiger partial charge is 0.407 e. The van der Waals surface area contributed by atoms with Crippen LogP contribution in [0.1, 0.15) is 18.7 Å². The Labute approximate surface area is 119 Å². The molecule has 1 saturated carbocycles. The van der Waals surface area contributed by atoms with E-state index in [4.69, 9.17) is 13.9 Å². The number of nitrogens with zero attached hydrogens (tertiary/aromatic N) is 3. The van der Waals surface area contributed by atoms with Gasteiger partial charge in [-0.2, -0.15) is 0 Å². The van der Waals surface area contributed by atoms with Crippen molar-refractivity contribution in [2.75, 3.05) is 52.0 Å². The first kappa shape index (κ1) is 15.2. The molecule has 0 bridgehead atoms. The number of likely N-dealkylation sites (N-methyl/N-ethyl adjacent to an activating group) is 1. The maximum Gasteiger partial charge on any atom is 0.318 e. The van der Waals surface area contributed by atoms with Crippen molar-refractivity contribution >= 4 is 6.01 Å². The van der Waals surface area contributed by atoms with Crippen molar-refractivity contribution in [2.45, 2.75) is 19.4 Å². The number of anilines is 1. The first-order chi connectivity index (χ1) is 9.79. The summed E-state index contributed by atoms with van der Waals surface area (Å²) in [5, 5.41) is 11.2. The van der Waals surface area contributed by atoms with Crippen molar-refractivity contribution < 1.29 is 13.9 Å². The Kier molecular flexibility index (Phi) is 6.23. The molecule has 1 aromatic rings. The molecule has 0 spiro atoms. The van der Waals surface area contributed by atoms with Crippen LogP contribution < -0.4 is 10.2 Å². The minimum Gasteiger partial charge on any atom is -0.407 e. The lowest BCUT2D eigenvalue weighted by Gasteiger charge is -2.13. The summed E-state index contributed by atoms with van der Waals surface area (Å²) < 4.78 is 16.1. The molecule has 0 radical (unpaired) electrons. The third-order valence-corrected chi connectivity index (χ3v) is 3.16. The summed E-state index contributed by atoms with van der Waals surface area (Å²) in [6, 6.07) is 0.531. The van der Waals surface area contributed by atoms with Crippen LogP contribution in [0.3, 0.4) is 0 Å². The van der Waals surface area contributed by atoms with Gasteiger partial charge in [0.05, 0.1) is 19.8 Å². The lowest BCUT2D eigenvalue weighted by atomic mass is 10.5. The Bertz CT molecular complexity index is 381. The van der Waals surface area contributed by atoms with Gasteiger partial charge < -0.3 is 24.1 Å². The summed E-state index contributed by atoms with van der Waals surface area (Å²) in [6.45, 7) is 4.31. The quantitative estimate of drug-likeness (QED) is 0.599. The smallest absolute Gasteiger partial charge is 0.318 e. The molecule has 7 heteroatoms. The van der Waals surface area contributed by atoms with Gasteiger partial charge in [0.2, 0.25) is 5.89 Å². The molecule has 0 unspecified atom stereocenters. The number of aromatic nitrogens is 2. The highest BCUT2D eigenvalue weighted by Gasteiger charge is 2.21. The van der Waals surface area contributed by atoms with Gasteiger partial charge in [-0.1, -0.05) is 5.10 Å². The summed E-state index contributed by atoms with van der Waals surface area (Å²) in [6.07, 6.45) is 2.64. The van der Waals surface area contributed by atoms with Gasteiger partial charge in [0.25, 0.3) is 0 Å². The van der Waals surface area contributed by atoms with Crippen LogP contribution >= 0.6 is 0 Å². The average molecular weight is 284 g/mol. The van der Waals surface area contributed by atoms with E-state index >= 15 is 0 Å². The monoisotopic (exact) mass is 284 g/mol. The fraction of sp³-hybridized carbons (Fsp3) is 0.846. The number of nitrogens with one attached hydrogen (secondary N) is 1. The van der Waals surface area contributed by atoms with Crippen LogP contribution in [-0.2, 0) is 16.0 Å². The molecular weight excluding hydrogens is 260 g/mol. The van der Waals surface area contributed by atoms with Crippen molar-refractivity contribution in [1.82, 2.24) is 15.5 Å². The third kappa shape index (κ3) is 5.44. The fourth-order valence-corrected chi connectivity index (χ4v) is 1.67. The van der Waals surface area contributed by atoms with Crippen LogP contribution in [0, 0.1) is 5.92 Å². The summed E-state index contributed by atoms with van der Waals surface area (Å²) in [7, 11) is 3.60. The zero-order valence-electron chi connectivity index (χ0n) is 12.3. The Morgan fingerprint density at radius 2 is 2.20 bits per heavy atom. The third-order valence-electron chi connectivity index (χ3n) is 3.16. The molecule has 114 valence electrons. The molecule has 0 aromatic carbocycles. The predicted molar refractivity (Wildman–Crippen MR) is 74.7 cm³/mol. The molecule has 1 fully saturated rings. The SMILES string of the molecule is COCCNCc1nnc(N(C)CCOCC2CC2)o1. The van der Waals surface area contributed by atoms with Crippen LogP contribution in [0.4, 0.5) is 6.01 Å². The first-order valence-electron chi connectivity index (χ1n) is 7.10. The number of hydrogen-bond donors (Lipinski definition) is 1. The van der Waals surface area contributed by atoms with E-state index in [9.17, 15) is 0 Å². The van der Waals surface area contributed by atoms with Gasteiger partial charge in [-0.25, -0.2) is 0 Å². The molecule has 1 N–H and O–H groups in total. The second-order valence-electron chi connectivity index (χ2n) is 5.09. The standard InChI is InChI=1S/C13H24N4O3/c1-17(6-8-19-10-11-3-4-11)13-16-15-12(20-13)9-14-5-7-18-2/h11,14H,3-10H2,1-2H3. The van der Waals surface area contributed by atoms with E-state index in [0.717, 1.165) is 25.6 Å². The van der Waals surface area contributed by atoms with Crippen molar-refractivity contribution in [2.24, 2.45) is 5.92 Å². The van der Waals surface area contributed by atoms with E-state index in [1.807, 2.05) is 11.9 Å². The molecule has 1 aliphatic rings. The minimum atomic E-state index is 0.531. The molecule has 0 aliphatic heterocycles. The summed E-state index contributed by atoms with van der Waals surface area (Å²) >= 11 is 0. The second kappa shape index (κ2) is 8.18. The second-order valence-corrected chi connectivity index (χ2v) is 5.09. The van der Waals surface area contributed by atoms with Crippen molar-refractivity contribution in [1.29, 1.82) is 0 Å². The zero-order valence-corrected chi connectivity index (χ0v) is 12.3. The number of methoxy groups -OCH3 is 1. The summed E-state index contributed by atoms with van der Waals surface area (Å²) in [5.41, 5.74) is 0. The topological polar surface area (TPSA) is 72.7 Å².